The average Bonchev–Trinajstić information content (AvgIpc) is 3.32. The van der Waals surface area contributed by atoms with Gasteiger partial charge < -0.3 is 10.2 Å². The van der Waals surface area contributed by atoms with Crippen molar-refractivity contribution >= 4 is 0 Å². The van der Waals surface area contributed by atoms with Crippen molar-refractivity contribution in [3.63, 3.8) is 0 Å². The molecule has 0 aromatic carbocycles. The first-order valence-corrected chi connectivity index (χ1v) is 8.74. The van der Waals surface area contributed by atoms with Gasteiger partial charge in [-0.05, 0) is 88.3 Å². The van der Waals surface area contributed by atoms with Crippen LogP contribution in [0.4, 0.5) is 0 Å². The van der Waals surface area contributed by atoms with E-state index in [0.29, 0.717) is 0 Å². The molecule has 2 heteroatoms. The van der Waals surface area contributed by atoms with E-state index in [2.05, 4.69) is 17.1 Å². The standard InChI is InChI=1S/C17H32N2/c1-14(17-3-2-9-18-11-17)8-10-19(12-15-4-5-15)13-16-6-7-16/h14-18H,2-13H2,1H3. The zero-order chi connectivity index (χ0) is 13.1. The van der Waals surface area contributed by atoms with Crippen LogP contribution in [0.2, 0.25) is 0 Å². The van der Waals surface area contributed by atoms with E-state index in [1.165, 1.54) is 77.7 Å². The summed E-state index contributed by atoms with van der Waals surface area (Å²) >= 11 is 0. The van der Waals surface area contributed by atoms with Crippen LogP contribution in [-0.4, -0.2) is 37.6 Å². The summed E-state index contributed by atoms with van der Waals surface area (Å²) in [5.74, 6) is 3.97. The quantitative estimate of drug-likeness (QED) is 0.724. The van der Waals surface area contributed by atoms with E-state index < -0.39 is 0 Å². The maximum atomic E-state index is 3.57. The van der Waals surface area contributed by atoms with Crippen molar-refractivity contribution in [1.82, 2.24) is 10.2 Å². The molecule has 0 radical (unpaired) electrons. The highest BCUT2D eigenvalue weighted by atomic mass is 15.1. The molecule has 110 valence electrons. The molecule has 1 saturated heterocycles. The Kier molecular flexibility index (Phi) is 4.81. The molecule has 1 heterocycles. The smallest absolute Gasteiger partial charge is 0.000978 e. The van der Waals surface area contributed by atoms with E-state index in [-0.39, 0.29) is 0 Å². The number of hydrogen-bond donors (Lipinski definition) is 1. The zero-order valence-electron chi connectivity index (χ0n) is 12.7. The van der Waals surface area contributed by atoms with Crippen molar-refractivity contribution in [2.24, 2.45) is 23.7 Å². The Morgan fingerprint density at radius 1 is 1.05 bits per heavy atom. The minimum absolute atomic E-state index is 0.911. The first-order chi connectivity index (χ1) is 9.31. The Hall–Kier alpha value is -0.0800. The number of piperidine rings is 1. The van der Waals surface area contributed by atoms with Crippen LogP contribution in [-0.2, 0) is 0 Å². The lowest BCUT2D eigenvalue weighted by Crippen LogP contribution is -2.35. The predicted octanol–water partition coefficient (Wildman–Crippen LogP) is 3.13. The normalized spacial score (nSPS) is 29.7. The fourth-order valence-corrected chi connectivity index (χ4v) is 3.57. The molecule has 1 N–H and O–H groups in total. The molecule has 19 heavy (non-hydrogen) atoms. The molecule has 3 aliphatic rings. The minimum Gasteiger partial charge on any atom is -0.316 e. The van der Waals surface area contributed by atoms with Gasteiger partial charge in [0, 0.05) is 13.1 Å². The molecule has 3 fully saturated rings. The molecule has 0 aromatic heterocycles. The molecule has 0 spiro atoms. The van der Waals surface area contributed by atoms with Gasteiger partial charge in [0.1, 0.15) is 0 Å². The highest BCUT2D eigenvalue weighted by Crippen LogP contribution is 2.34. The van der Waals surface area contributed by atoms with Gasteiger partial charge in [-0.3, -0.25) is 0 Å². The predicted molar refractivity (Wildman–Crippen MR) is 81.3 cm³/mol. The van der Waals surface area contributed by atoms with E-state index in [4.69, 9.17) is 0 Å². The number of rotatable bonds is 8. The van der Waals surface area contributed by atoms with Crippen LogP contribution in [0.5, 0.6) is 0 Å². The third-order valence-corrected chi connectivity index (χ3v) is 5.47. The van der Waals surface area contributed by atoms with Gasteiger partial charge in [-0.25, -0.2) is 0 Å². The van der Waals surface area contributed by atoms with Crippen molar-refractivity contribution < 1.29 is 0 Å². The number of hydrogen-bond acceptors (Lipinski definition) is 2. The minimum atomic E-state index is 0.911. The van der Waals surface area contributed by atoms with Crippen LogP contribution in [0.25, 0.3) is 0 Å². The van der Waals surface area contributed by atoms with E-state index in [1.54, 1.807) is 0 Å². The average molecular weight is 264 g/mol. The summed E-state index contributed by atoms with van der Waals surface area (Å²) in [6, 6.07) is 0. The number of nitrogens with zero attached hydrogens (tertiary/aromatic N) is 1. The largest absolute Gasteiger partial charge is 0.316 e. The van der Waals surface area contributed by atoms with Crippen molar-refractivity contribution in [1.29, 1.82) is 0 Å². The van der Waals surface area contributed by atoms with Gasteiger partial charge in [0.2, 0.25) is 0 Å². The molecule has 2 aliphatic carbocycles. The highest BCUT2D eigenvalue weighted by molar-refractivity contribution is 4.83. The highest BCUT2D eigenvalue weighted by Gasteiger charge is 2.29. The fourth-order valence-electron chi connectivity index (χ4n) is 3.57. The van der Waals surface area contributed by atoms with Gasteiger partial charge >= 0.3 is 0 Å². The summed E-state index contributed by atoms with van der Waals surface area (Å²) in [7, 11) is 0. The Bertz CT molecular complexity index is 250. The molecule has 3 rings (SSSR count). The second-order valence-corrected chi connectivity index (χ2v) is 7.52. The molecular weight excluding hydrogens is 232 g/mol. The Labute approximate surface area is 119 Å². The summed E-state index contributed by atoms with van der Waals surface area (Å²) < 4.78 is 0. The topological polar surface area (TPSA) is 15.3 Å². The van der Waals surface area contributed by atoms with Crippen LogP contribution in [0.3, 0.4) is 0 Å². The van der Waals surface area contributed by atoms with E-state index in [0.717, 1.165) is 23.7 Å². The summed E-state index contributed by atoms with van der Waals surface area (Å²) in [5, 5.41) is 3.57. The molecule has 2 atom stereocenters. The van der Waals surface area contributed by atoms with Gasteiger partial charge in [0.15, 0.2) is 0 Å². The van der Waals surface area contributed by atoms with Crippen molar-refractivity contribution in [3.8, 4) is 0 Å². The second kappa shape index (κ2) is 6.58. The molecule has 1 aliphatic heterocycles. The van der Waals surface area contributed by atoms with Gasteiger partial charge in [0.25, 0.3) is 0 Å². The molecule has 2 nitrogen and oxygen atoms in total. The first-order valence-electron chi connectivity index (χ1n) is 8.74. The number of nitrogens with one attached hydrogen (secondary N) is 1. The fraction of sp³-hybridized carbons (Fsp3) is 1.00. The summed E-state index contributed by atoms with van der Waals surface area (Å²) in [6.45, 7) is 9.19. The van der Waals surface area contributed by atoms with Gasteiger partial charge in [0.05, 0.1) is 0 Å². The molecule has 2 saturated carbocycles. The molecule has 0 aromatic rings. The third-order valence-electron chi connectivity index (χ3n) is 5.47. The van der Waals surface area contributed by atoms with Gasteiger partial charge in [-0.1, -0.05) is 6.92 Å². The zero-order valence-corrected chi connectivity index (χ0v) is 12.7. The van der Waals surface area contributed by atoms with Crippen LogP contribution < -0.4 is 5.32 Å². The summed E-state index contributed by atoms with van der Waals surface area (Å²) in [5.41, 5.74) is 0. The van der Waals surface area contributed by atoms with Crippen LogP contribution in [0.15, 0.2) is 0 Å². The van der Waals surface area contributed by atoms with Crippen molar-refractivity contribution in [2.45, 2.75) is 51.9 Å². The second-order valence-electron chi connectivity index (χ2n) is 7.52. The molecule has 0 bridgehead atoms. The lowest BCUT2D eigenvalue weighted by Gasteiger charge is -2.30. The Morgan fingerprint density at radius 3 is 2.26 bits per heavy atom. The summed E-state index contributed by atoms with van der Waals surface area (Å²) in [4.78, 5) is 2.81. The maximum Gasteiger partial charge on any atom is 0.000978 e. The molecule has 2 unspecified atom stereocenters. The Morgan fingerprint density at radius 2 is 1.74 bits per heavy atom. The molecule has 0 amide bonds. The van der Waals surface area contributed by atoms with E-state index >= 15 is 0 Å². The van der Waals surface area contributed by atoms with E-state index in [9.17, 15) is 0 Å². The van der Waals surface area contributed by atoms with Crippen molar-refractivity contribution in [3.05, 3.63) is 0 Å². The lowest BCUT2D eigenvalue weighted by atomic mass is 9.85. The van der Waals surface area contributed by atoms with Gasteiger partial charge in [-0.2, -0.15) is 0 Å². The monoisotopic (exact) mass is 264 g/mol. The Balaban J connectivity index is 1.39. The van der Waals surface area contributed by atoms with Crippen LogP contribution in [0.1, 0.15) is 51.9 Å². The van der Waals surface area contributed by atoms with Crippen LogP contribution >= 0.6 is 0 Å². The van der Waals surface area contributed by atoms with Crippen LogP contribution in [0, 0.1) is 23.7 Å². The third kappa shape index (κ3) is 4.75. The van der Waals surface area contributed by atoms with Crippen molar-refractivity contribution in [2.75, 3.05) is 32.7 Å². The maximum absolute atomic E-state index is 3.57. The van der Waals surface area contributed by atoms with Gasteiger partial charge in [-0.15, -0.1) is 0 Å². The van der Waals surface area contributed by atoms with E-state index in [1.807, 2.05) is 0 Å². The lowest BCUT2D eigenvalue weighted by molar-refractivity contribution is 0.202. The SMILES string of the molecule is CC(CCN(CC1CC1)CC1CC1)C1CCCNC1. The first kappa shape index (κ1) is 13.9. The summed E-state index contributed by atoms with van der Waals surface area (Å²) in [6.07, 6.45) is 10.3. The molecular formula is C17H32N2.